The molecule has 0 aliphatic carbocycles. The predicted molar refractivity (Wildman–Crippen MR) is 115 cm³/mol. The van der Waals surface area contributed by atoms with Crippen molar-refractivity contribution in [3.63, 3.8) is 0 Å². The molecule has 0 amide bonds. The van der Waals surface area contributed by atoms with E-state index in [2.05, 4.69) is 39.8 Å². The van der Waals surface area contributed by atoms with Crippen LogP contribution in [0, 0.1) is 12.8 Å². The standard InChI is InChI=1S/C17H32N4OS.HI/c1-6-22-15(13(2)3)9-11-20-17(18-5)19-10-7-8-16-21-14(4)12-23-16;/h12-13,15H,6-11H2,1-5H3,(H2,18,19,20);1H. The Morgan fingerprint density at radius 3 is 2.58 bits per heavy atom. The Kier molecular flexibility index (Phi) is 13.6. The molecule has 0 aliphatic heterocycles. The lowest BCUT2D eigenvalue weighted by molar-refractivity contribution is 0.0258. The second kappa shape index (κ2) is 13.8. The summed E-state index contributed by atoms with van der Waals surface area (Å²) in [7, 11) is 1.81. The molecule has 1 aromatic heterocycles. The van der Waals surface area contributed by atoms with Crippen LogP contribution in [0.3, 0.4) is 0 Å². The molecule has 5 nitrogen and oxygen atoms in total. The number of nitrogens with one attached hydrogen (secondary N) is 2. The number of halogens is 1. The Bertz CT molecular complexity index is 465. The van der Waals surface area contributed by atoms with E-state index in [0.29, 0.717) is 12.0 Å². The number of guanidine groups is 1. The van der Waals surface area contributed by atoms with E-state index >= 15 is 0 Å². The number of thiazole rings is 1. The van der Waals surface area contributed by atoms with E-state index in [9.17, 15) is 0 Å². The Morgan fingerprint density at radius 2 is 2.04 bits per heavy atom. The molecule has 1 heterocycles. The number of hydrogen-bond donors (Lipinski definition) is 2. The van der Waals surface area contributed by atoms with Crippen molar-refractivity contribution < 1.29 is 4.74 Å². The minimum atomic E-state index is 0. The highest BCUT2D eigenvalue weighted by Gasteiger charge is 2.12. The summed E-state index contributed by atoms with van der Waals surface area (Å²) in [5.41, 5.74) is 1.12. The van der Waals surface area contributed by atoms with Crippen LogP contribution in [-0.4, -0.2) is 43.8 Å². The summed E-state index contributed by atoms with van der Waals surface area (Å²) < 4.78 is 5.76. The van der Waals surface area contributed by atoms with Crippen LogP contribution in [0.15, 0.2) is 10.4 Å². The van der Waals surface area contributed by atoms with Crippen LogP contribution in [0.5, 0.6) is 0 Å². The van der Waals surface area contributed by atoms with Crippen molar-refractivity contribution in [2.75, 3.05) is 26.7 Å². The molecule has 0 spiro atoms. The summed E-state index contributed by atoms with van der Waals surface area (Å²) in [5.74, 6) is 1.40. The molecule has 24 heavy (non-hydrogen) atoms. The van der Waals surface area contributed by atoms with Gasteiger partial charge in [0.15, 0.2) is 5.96 Å². The van der Waals surface area contributed by atoms with E-state index < -0.39 is 0 Å². The van der Waals surface area contributed by atoms with E-state index in [4.69, 9.17) is 4.74 Å². The minimum Gasteiger partial charge on any atom is -0.378 e. The Hall–Kier alpha value is -0.410. The summed E-state index contributed by atoms with van der Waals surface area (Å²) in [4.78, 5) is 8.75. The van der Waals surface area contributed by atoms with Crippen LogP contribution < -0.4 is 10.6 Å². The Balaban J connectivity index is 0.00000529. The van der Waals surface area contributed by atoms with Gasteiger partial charge in [0.25, 0.3) is 0 Å². The van der Waals surface area contributed by atoms with Gasteiger partial charge in [-0.2, -0.15) is 0 Å². The highest BCUT2D eigenvalue weighted by atomic mass is 127. The van der Waals surface area contributed by atoms with Crippen LogP contribution in [0.1, 0.15) is 44.3 Å². The lowest BCUT2D eigenvalue weighted by Crippen LogP contribution is -2.39. The molecule has 140 valence electrons. The molecule has 1 atom stereocenters. The number of aromatic nitrogens is 1. The Morgan fingerprint density at radius 1 is 1.33 bits per heavy atom. The van der Waals surface area contributed by atoms with E-state index in [-0.39, 0.29) is 24.0 Å². The average molecular weight is 468 g/mol. The van der Waals surface area contributed by atoms with Crippen LogP contribution in [0.2, 0.25) is 0 Å². The van der Waals surface area contributed by atoms with Gasteiger partial charge in [-0.25, -0.2) is 4.98 Å². The second-order valence-corrected chi connectivity index (χ2v) is 6.88. The van der Waals surface area contributed by atoms with Gasteiger partial charge in [-0.05, 0) is 32.6 Å². The fourth-order valence-corrected chi connectivity index (χ4v) is 3.16. The molecule has 0 aromatic carbocycles. The fraction of sp³-hybridized carbons (Fsp3) is 0.765. The average Bonchev–Trinajstić information content (AvgIpc) is 2.93. The van der Waals surface area contributed by atoms with Gasteiger partial charge >= 0.3 is 0 Å². The maximum absolute atomic E-state index is 5.76. The molecule has 0 bridgehead atoms. The summed E-state index contributed by atoms with van der Waals surface area (Å²) in [6.07, 6.45) is 3.37. The number of nitrogens with zero attached hydrogens (tertiary/aromatic N) is 2. The van der Waals surface area contributed by atoms with Crippen molar-refractivity contribution in [2.24, 2.45) is 10.9 Å². The van der Waals surface area contributed by atoms with Gasteiger partial charge in [0.2, 0.25) is 0 Å². The van der Waals surface area contributed by atoms with Crippen molar-refractivity contribution in [1.29, 1.82) is 0 Å². The van der Waals surface area contributed by atoms with Gasteiger partial charge < -0.3 is 15.4 Å². The van der Waals surface area contributed by atoms with Gasteiger partial charge in [0.05, 0.1) is 11.1 Å². The van der Waals surface area contributed by atoms with Gasteiger partial charge in [0, 0.05) is 44.2 Å². The fourth-order valence-electron chi connectivity index (χ4n) is 2.34. The minimum absolute atomic E-state index is 0. The molecule has 0 aliphatic rings. The zero-order valence-electron chi connectivity index (χ0n) is 15.6. The number of hydrogen-bond acceptors (Lipinski definition) is 4. The zero-order chi connectivity index (χ0) is 17.1. The smallest absolute Gasteiger partial charge is 0.190 e. The SMILES string of the molecule is CCOC(CCNC(=NC)NCCCc1nc(C)cs1)C(C)C.I. The van der Waals surface area contributed by atoms with Crippen LogP contribution in [0.25, 0.3) is 0 Å². The first-order chi connectivity index (χ1) is 11.1. The van der Waals surface area contributed by atoms with Gasteiger partial charge in [-0.1, -0.05) is 13.8 Å². The van der Waals surface area contributed by atoms with E-state index in [1.807, 2.05) is 20.9 Å². The van der Waals surface area contributed by atoms with Gasteiger partial charge in [-0.3, -0.25) is 4.99 Å². The van der Waals surface area contributed by atoms with Gasteiger partial charge in [-0.15, -0.1) is 35.3 Å². The molecule has 7 heteroatoms. The predicted octanol–water partition coefficient (Wildman–Crippen LogP) is 3.62. The van der Waals surface area contributed by atoms with Crippen LogP contribution in [-0.2, 0) is 11.2 Å². The molecule has 0 saturated carbocycles. The third-order valence-electron chi connectivity index (χ3n) is 3.60. The Labute approximate surface area is 168 Å². The molecule has 1 rings (SSSR count). The molecular formula is C17H33IN4OS. The van der Waals surface area contributed by atoms with Crippen molar-refractivity contribution in [1.82, 2.24) is 15.6 Å². The van der Waals surface area contributed by atoms with Crippen LogP contribution in [0.4, 0.5) is 0 Å². The van der Waals surface area contributed by atoms with Crippen molar-refractivity contribution in [3.8, 4) is 0 Å². The molecule has 1 aromatic rings. The molecule has 0 radical (unpaired) electrons. The van der Waals surface area contributed by atoms with E-state index in [1.54, 1.807) is 11.3 Å². The first-order valence-corrected chi connectivity index (χ1v) is 9.41. The third-order valence-corrected chi connectivity index (χ3v) is 4.62. The summed E-state index contributed by atoms with van der Waals surface area (Å²) in [6, 6.07) is 0. The maximum Gasteiger partial charge on any atom is 0.190 e. The largest absolute Gasteiger partial charge is 0.378 e. The summed E-state index contributed by atoms with van der Waals surface area (Å²) in [6.45, 7) is 11.0. The van der Waals surface area contributed by atoms with E-state index in [1.165, 1.54) is 5.01 Å². The summed E-state index contributed by atoms with van der Waals surface area (Å²) in [5, 5.41) is 10.0. The third kappa shape index (κ3) is 9.78. The topological polar surface area (TPSA) is 58.5 Å². The van der Waals surface area contributed by atoms with Crippen molar-refractivity contribution in [3.05, 3.63) is 16.1 Å². The monoisotopic (exact) mass is 468 g/mol. The van der Waals surface area contributed by atoms with Crippen LogP contribution >= 0.6 is 35.3 Å². The highest BCUT2D eigenvalue weighted by molar-refractivity contribution is 14.0. The number of ether oxygens (including phenoxy) is 1. The number of aryl methyl sites for hydroxylation is 2. The first kappa shape index (κ1) is 23.6. The maximum atomic E-state index is 5.76. The van der Waals surface area contributed by atoms with E-state index in [0.717, 1.165) is 50.6 Å². The number of rotatable bonds is 10. The summed E-state index contributed by atoms with van der Waals surface area (Å²) >= 11 is 1.74. The quantitative estimate of drug-likeness (QED) is 0.238. The lowest BCUT2D eigenvalue weighted by atomic mass is 10.0. The number of aliphatic imine (C=N–C) groups is 1. The highest BCUT2D eigenvalue weighted by Crippen LogP contribution is 2.11. The molecule has 0 fully saturated rings. The van der Waals surface area contributed by atoms with Crippen molar-refractivity contribution >= 4 is 41.3 Å². The molecule has 2 N–H and O–H groups in total. The second-order valence-electron chi connectivity index (χ2n) is 5.94. The zero-order valence-corrected chi connectivity index (χ0v) is 18.7. The molecule has 0 saturated heterocycles. The first-order valence-electron chi connectivity index (χ1n) is 8.53. The van der Waals surface area contributed by atoms with Gasteiger partial charge in [0.1, 0.15) is 0 Å². The normalized spacial score (nSPS) is 12.8. The molecular weight excluding hydrogens is 435 g/mol. The van der Waals surface area contributed by atoms with Crippen molar-refractivity contribution in [2.45, 2.75) is 53.1 Å². The molecule has 1 unspecified atom stereocenters. The lowest BCUT2D eigenvalue weighted by Gasteiger charge is -2.21.